The molecular weight excluding hydrogens is 523 g/mol. The third kappa shape index (κ3) is 8.71. The summed E-state index contributed by atoms with van der Waals surface area (Å²) in [4.78, 5) is 24.0. The van der Waals surface area contributed by atoms with Crippen LogP contribution in [0.15, 0.2) is 78.9 Å². The molecule has 41 heavy (non-hydrogen) atoms. The van der Waals surface area contributed by atoms with Gasteiger partial charge in [-0.2, -0.15) is 0 Å². The molecule has 0 aliphatic rings. The third-order valence-corrected chi connectivity index (χ3v) is 6.06. The van der Waals surface area contributed by atoms with Crippen molar-refractivity contribution in [3.05, 3.63) is 95.8 Å². The first-order chi connectivity index (χ1) is 19.6. The van der Waals surface area contributed by atoms with Crippen LogP contribution in [0.5, 0.6) is 11.5 Å². The van der Waals surface area contributed by atoms with E-state index in [1.54, 1.807) is 19.1 Å². The maximum absolute atomic E-state index is 14.8. The molecule has 0 N–H and O–H groups in total. The van der Waals surface area contributed by atoms with Crippen LogP contribution in [0, 0.1) is 5.82 Å². The first kappa shape index (κ1) is 31.5. The predicted molar refractivity (Wildman–Crippen MR) is 158 cm³/mol. The van der Waals surface area contributed by atoms with E-state index in [2.05, 4.69) is 13.2 Å². The number of halogens is 1. The van der Waals surface area contributed by atoms with Gasteiger partial charge in [-0.1, -0.05) is 51.3 Å². The third-order valence-electron chi connectivity index (χ3n) is 6.06. The highest BCUT2D eigenvalue weighted by atomic mass is 19.1. The van der Waals surface area contributed by atoms with Crippen LogP contribution in [-0.4, -0.2) is 25.2 Å². The Balaban J connectivity index is 2.01. The zero-order valence-corrected chi connectivity index (χ0v) is 24.2. The molecule has 0 amide bonds. The fourth-order valence-electron chi connectivity index (χ4n) is 3.92. The number of carbonyl (C=O) groups excluding carboxylic acids is 2. The van der Waals surface area contributed by atoms with Crippen molar-refractivity contribution in [2.75, 3.05) is 13.2 Å². The average molecular weight is 561 g/mol. The Morgan fingerprint density at radius 2 is 1.17 bits per heavy atom. The van der Waals surface area contributed by atoms with Gasteiger partial charge in [0.25, 0.3) is 0 Å². The summed E-state index contributed by atoms with van der Waals surface area (Å²) in [5, 5.41) is 0. The summed E-state index contributed by atoms with van der Waals surface area (Å²) in [5.41, 5.74) is 5.34. The average Bonchev–Trinajstić information content (AvgIpc) is 2.95. The van der Waals surface area contributed by atoms with Crippen molar-refractivity contribution in [3.63, 3.8) is 0 Å². The topological polar surface area (TPSA) is 71.1 Å². The molecule has 3 aromatic carbocycles. The van der Waals surface area contributed by atoms with Gasteiger partial charge in [-0.05, 0) is 84.8 Å². The van der Waals surface area contributed by atoms with E-state index in [9.17, 15) is 14.0 Å². The molecule has 0 spiro atoms. The first-order valence-corrected chi connectivity index (χ1v) is 13.6. The lowest BCUT2D eigenvalue weighted by Gasteiger charge is -2.16. The molecule has 0 aromatic heterocycles. The van der Waals surface area contributed by atoms with Crippen molar-refractivity contribution < 1.29 is 32.9 Å². The summed E-state index contributed by atoms with van der Waals surface area (Å²) in [6, 6.07) is 15.9. The lowest BCUT2D eigenvalue weighted by atomic mass is 9.94. The van der Waals surface area contributed by atoms with Crippen molar-refractivity contribution in [1.82, 2.24) is 0 Å². The predicted octanol–water partition coefficient (Wildman–Crippen LogP) is 7.98. The summed E-state index contributed by atoms with van der Waals surface area (Å²) < 4.78 is 37.1. The van der Waals surface area contributed by atoms with E-state index < -0.39 is 17.8 Å². The molecule has 0 unspecified atom stereocenters. The van der Waals surface area contributed by atoms with E-state index in [0.717, 1.165) is 40.7 Å². The number of rotatable bonds is 14. The van der Waals surface area contributed by atoms with Gasteiger partial charge in [-0.15, -0.1) is 0 Å². The van der Waals surface area contributed by atoms with Crippen LogP contribution in [0.25, 0.3) is 22.3 Å². The molecule has 0 heterocycles. The zero-order valence-electron chi connectivity index (χ0n) is 24.2. The molecule has 3 rings (SSSR count). The van der Waals surface area contributed by atoms with Crippen LogP contribution in [0.2, 0.25) is 0 Å². The normalized spacial score (nSPS) is 10.8. The van der Waals surface area contributed by atoms with E-state index in [1.807, 2.05) is 44.2 Å². The Bertz CT molecular complexity index is 1420. The fraction of sp³-hybridized carbons (Fsp3) is 0.294. The Morgan fingerprint density at radius 3 is 1.76 bits per heavy atom. The van der Waals surface area contributed by atoms with Gasteiger partial charge >= 0.3 is 11.9 Å². The van der Waals surface area contributed by atoms with E-state index in [1.165, 1.54) is 19.1 Å². The van der Waals surface area contributed by atoms with Crippen LogP contribution in [0.4, 0.5) is 4.39 Å². The standard InChI is InChI=1S/C34H37FO6/c1-7-15-38-20-27-17-24(25-10-14-32(30(35)19-25)41-34(37)23(5)6)9-12-29(27)26-11-13-31(40-33(36)22(3)4)28(18-26)21-39-16-8-2/h9-14,17-19H,3,5,7-8,15-16,20-21H2,1-2,4,6H3. The smallest absolute Gasteiger partial charge is 0.338 e. The first-order valence-electron chi connectivity index (χ1n) is 13.6. The van der Waals surface area contributed by atoms with Gasteiger partial charge in [0.2, 0.25) is 0 Å². The lowest BCUT2D eigenvalue weighted by molar-refractivity contribution is -0.131. The zero-order chi connectivity index (χ0) is 29.9. The maximum Gasteiger partial charge on any atom is 0.338 e. The van der Waals surface area contributed by atoms with E-state index in [0.29, 0.717) is 36.7 Å². The second-order valence-corrected chi connectivity index (χ2v) is 9.78. The van der Waals surface area contributed by atoms with Gasteiger partial charge in [0.05, 0.1) is 13.2 Å². The molecule has 6 nitrogen and oxygen atoms in total. The molecule has 0 saturated heterocycles. The molecule has 7 heteroatoms. The molecule has 0 saturated carbocycles. The Labute approximate surface area is 241 Å². The van der Waals surface area contributed by atoms with E-state index >= 15 is 0 Å². The minimum absolute atomic E-state index is 0.157. The highest BCUT2D eigenvalue weighted by molar-refractivity contribution is 5.89. The van der Waals surface area contributed by atoms with Crippen molar-refractivity contribution in [2.45, 2.75) is 53.8 Å². The number of hydrogen-bond donors (Lipinski definition) is 0. The number of esters is 2. The Hall–Kier alpha value is -4.07. The quantitative estimate of drug-likeness (QED) is 0.0862. The molecule has 0 fully saturated rings. The molecule has 0 aliphatic heterocycles. The summed E-state index contributed by atoms with van der Waals surface area (Å²) in [6.07, 6.45) is 1.73. The summed E-state index contributed by atoms with van der Waals surface area (Å²) in [6.45, 7) is 16.1. The maximum atomic E-state index is 14.8. The van der Waals surface area contributed by atoms with Gasteiger partial charge in [0.15, 0.2) is 11.6 Å². The summed E-state index contributed by atoms with van der Waals surface area (Å²) in [5.74, 6) is -1.57. The Kier molecular flexibility index (Phi) is 11.6. The number of carbonyl (C=O) groups is 2. The van der Waals surface area contributed by atoms with Crippen molar-refractivity contribution >= 4 is 11.9 Å². The van der Waals surface area contributed by atoms with Crippen LogP contribution in [0.1, 0.15) is 51.7 Å². The minimum Gasteiger partial charge on any atom is -0.423 e. The largest absolute Gasteiger partial charge is 0.423 e. The molecule has 0 atom stereocenters. The molecule has 0 bridgehead atoms. The molecule has 0 radical (unpaired) electrons. The van der Waals surface area contributed by atoms with Crippen LogP contribution in [-0.2, 0) is 32.3 Å². The molecule has 216 valence electrons. The van der Waals surface area contributed by atoms with Gasteiger partial charge in [0, 0.05) is 29.9 Å². The van der Waals surface area contributed by atoms with E-state index in [4.69, 9.17) is 18.9 Å². The van der Waals surface area contributed by atoms with Crippen LogP contribution < -0.4 is 9.47 Å². The number of ether oxygens (including phenoxy) is 4. The van der Waals surface area contributed by atoms with Crippen LogP contribution in [0.3, 0.4) is 0 Å². The lowest BCUT2D eigenvalue weighted by Crippen LogP contribution is -2.10. The number of hydrogen-bond acceptors (Lipinski definition) is 6. The SMILES string of the molecule is C=C(C)C(=O)Oc1ccc(-c2ccc(-c3ccc(OC(=O)C(=C)C)c(COCCC)c3)c(COCCC)c2)cc1F. The van der Waals surface area contributed by atoms with Gasteiger partial charge in [-0.25, -0.2) is 14.0 Å². The van der Waals surface area contributed by atoms with E-state index in [-0.39, 0.29) is 17.9 Å². The number of benzene rings is 3. The van der Waals surface area contributed by atoms with Gasteiger partial charge in [0.1, 0.15) is 5.75 Å². The molecule has 3 aromatic rings. The Morgan fingerprint density at radius 1 is 0.683 bits per heavy atom. The highest BCUT2D eigenvalue weighted by Crippen LogP contribution is 2.34. The van der Waals surface area contributed by atoms with Crippen molar-refractivity contribution in [2.24, 2.45) is 0 Å². The molecular formula is C34H37FO6. The van der Waals surface area contributed by atoms with Crippen molar-refractivity contribution in [3.8, 4) is 33.8 Å². The minimum atomic E-state index is -0.684. The summed E-state index contributed by atoms with van der Waals surface area (Å²) in [7, 11) is 0. The van der Waals surface area contributed by atoms with Gasteiger partial charge in [-0.3, -0.25) is 0 Å². The van der Waals surface area contributed by atoms with Gasteiger partial charge < -0.3 is 18.9 Å². The van der Waals surface area contributed by atoms with Crippen LogP contribution >= 0.6 is 0 Å². The summed E-state index contributed by atoms with van der Waals surface area (Å²) >= 11 is 0. The monoisotopic (exact) mass is 560 g/mol. The molecule has 0 aliphatic carbocycles. The highest BCUT2D eigenvalue weighted by Gasteiger charge is 2.16. The van der Waals surface area contributed by atoms with Crippen molar-refractivity contribution in [1.29, 1.82) is 0 Å². The second-order valence-electron chi connectivity index (χ2n) is 9.78. The second kappa shape index (κ2) is 15.1. The fourth-order valence-corrected chi connectivity index (χ4v) is 3.92.